The molecule has 5 heteroatoms. The number of amides is 1. The zero-order valence-corrected chi connectivity index (χ0v) is 8.50. The van der Waals surface area contributed by atoms with Gasteiger partial charge in [0.1, 0.15) is 6.04 Å². The number of carbonyl (C=O) groups excluding carboxylic acids is 2. The summed E-state index contributed by atoms with van der Waals surface area (Å²) in [6.07, 6.45) is 0.833. The smallest absolute Gasteiger partial charge is 0.328 e. The third-order valence-corrected chi connectivity index (χ3v) is 2.34. The maximum absolute atomic E-state index is 11.5. The van der Waals surface area contributed by atoms with E-state index in [1.165, 1.54) is 7.11 Å². The Kier molecular flexibility index (Phi) is 3.88. The highest BCUT2D eigenvalue weighted by molar-refractivity contribution is 5.85. The molecule has 1 heterocycles. The summed E-state index contributed by atoms with van der Waals surface area (Å²) >= 11 is 0. The van der Waals surface area contributed by atoms with Gasteiger partial charge in [-0.1, -0.05) is 0 Å². The van der Waals surface area contributed by atoms with Crippen molar-refractivity contribution in [3.8, 4) is 0 Å². The summed E-state index contributed by atoms with van der Waals surface area (Å²) < 4.78 is 4.51. The Morgan fingerprint density at radius 2 is 2.29 bits per heavy atom. The van der Waals surface area contributed by atoms with Crippen LogP contribution in [0.1, 0.15) is 13.3 Å². The fraction of sp³-hybridized carbons (Fsp3) is 0.778. The first-order chi connectivity index (χ1) is 6.65. The zero-order chi connectivity index (χ0) is 10.6. The van der Waals surface area contributed by atoms with Crippen molar-refractivity contribution >= 4 is 11.9 Å². The number of nitrogens with one attached hydrogen (secondary N) is 2. The molecule has 1 saturated heterocycles. The SMILES string of the molecule is COC(=O)C(C)NC(=O)[C@@H]1CCNC1. The summed E-state index contributed by atoms with van der Waals surface area (Å²) in [4.78, 5) is 22.5. The van der Waals surface area contributed by atoms with E-state index in [1.54, 1.807) is 6.92 Å². The average Bonchev–Trinajstić information content (AvgIpc) is 2.69. The Morgan fingerprint density at radius 3 is 2.79 bits per heavy atom. The van der Waals surface area contributed by atoms with E-state index in [0.29, 0.717) is 6.54 Å². The van der Waals surface area contributed by atoms with Crippen LogP contribution in [0.15, 0.2) is 0 Å². The normalized spacial score (nSPS) is 22.9. The van der Waals surface area contributed by atoms with Crippen molar-refractivity contribution in [2.75, 3.05) is 20.2 Å². The van der Waals surface area contributed by atoms with Crippen LogP contribution >= 0.6 is 0 Å². The van der Waals surface area contributed by atoms with Crippen LogP contribution in [0.25, 0.3) is 0 Å². The predicted molar refractivity (Wildman–Crippen MR) is 50.6 cm³/mol. The molecular formula is C9H16N2O3. The minimum atomic E-state index is -0.562. The largest absolute Gasteiger partial charge is 0.467 e. The average molecular weight is 200 g/mol. The molecule has 0 aromatic carbocycles. The van der Waals surface area contributed by atoms with Crippen molar-refractivity contribution in [3.05, 3.63) is 0 Å². The van der Waals surface area contributed by atoms with Gasteiger partial charge in [-0.15, -0.1) is 0 Å². The van der Waals surface area contributed by atoms with Crippen LogP contribution in [0.5, 0.6) is 0 Å². The molecule has 14 heavy (non-hydrogen) atoms. The van der Waals surface area contributed by atoms with Gasteiger partial charge < -0.3 is 15.4 Å². The van der Waals surface area contributed by atoms with Gasteiger partial charge in [0.2, 0.25) is 5.91 Å². The molecule has 0 saturated carbocycles. The van der Waals surface area contributed by atoms with Gasteiger partial charge in [-0.3, -0.25) is 4.79 Å². The number of carbonyl (C=O) groups is 2. The number of rotatable bonds is 3. The molecule has 1 fully saturated rings. The quantitative estimate of drug-likeness (QED) is 0.590. The van der Waals surface area contributed by atoms with Crippen molar-refractivity contribution in [2.24, 2.45) is 5.92 Å². The van der Waals surface area contributed by atoms with E-state index in [4.69, 9.17) is 0 Å². The van der Waals surface area contributed by atoms with Gasteiger partial charge in [0.15, 0.2) is 0 Å². The van der Waals surface area contributed by atoms with Gasteiger partial charge in [0.05, 0.1) is 13.0 Å². The van der Waals surface area contributed by atoms with Crippen molar-refractivity contribution < 1.29 is 14.3 Å². The molecular weight excluding hydrogens is 184 g/mol. The number of hydrogen-bond donors (Lipinski definition) is 2. The predicted octanol–water partition coefficient (Wildman–Crippen LogP) is -0.726. The van der Waals surface area contributed by atoms with Crippen LogP contribution in [0.4, 0.5) is 0 Å². The third-order valence-electron chi connectivity index (χ3n) is 2.34. The summed E-state index contributed by atoms with van der Waals surface area (Å²) in [6, 6.07) is -0.562. The highest BCUT2D eigenvalue weighted by atomic mass is 16.5. The van der Waals surface area contributed by atoms with E-state index in [0.717, 1.165) is 13.0 Å². The molecule has 0 aromatic heterocycles. The molecule has 0 aliphatic carbocycles. The van der Waals surface area contributed by atoms with Gasteiger partial charge in [-0.05, 0) is 19.9 Å². The van der Waals surface area contributed by atoms with E-state index < -0.39 is 12.0 Å². The minimum Gasteiger partial charge on any atom is -0.467 e. The molecule has 2 N–H and O–H groups in total. The Labute approximate surface area is 83.2 Å². The lowest BCUT2D eigenvalue weighted by atomic mass is 10.1. The Bertz CT molecular complexity index is 224. The highest BCUT2D eigenvalue weighted by Gasteiger charge is 2.25. The Balaban J connectivity index is 2.35. The van der Waals surface area contributed by atoms with Gasteiger partial charge in [-0.25, -0.2) is 4.79 Å². The van der Waals surface area contributed by atoms with E-state index in [2.05, 4.69) is 15.4 Å². The Hall–Kier alpha value is -1.10. The minimum absolute atomic E-state index is 0.0119. The molecule has 1 amide bonds. The molecule has 1 aliphatic rings. The highest BCUT2D eigenvalue weighted by Crippen LogP contribution is 2.07. The number of methoxy groups -OCH3 is 1. The maximum atomic E-state index is 11.5. The summed E-state index contributed by atoms with van der Waals surface area (Å²) in [7, 11) is 1.31. The second kappa shape index (κ2) is 4.95. The van der Waals surface area contributed by atoms with Crippen LogP contribution < -0.4 is 10.6 Å². The number of esters is 1. The van der Waals surface area contributed by atoms with E-state index in [1.807, 2.05) is 0 Å². The molecule has 1 unspecified atom stereocenters. The van der Waals surface area contributed by atoms with Crippen molar-refractivity contribution in [1.29, 1.82) is 0 Å². The lowest BCUT2D eigenvalue weighted by Crippen LogP contribution is -2.42. The van der Waals surface area contributed by atoms with Gasteiger partial charge in [0.25, 0.3) is 0 Å². The van der Waals surface area contributed by atoms with Crippen molar-refractivity contribution in [2.45, 2.75) is 19.4 Å². The topological polar surface area (TPSA) is 67.4 Å². The lowest BCUT2D eigenvalue weighted by Gasteiger charge is -2.14. The molecule has 2 atom stereocenters. The van der Waals surface area contributed by atoms with Crippen LogP contribution in [0, 0.1) is 5.92 Å². The van der Waals surface area contributed by atoms with E-state index in [-0.39, 0.29) is 11.8 Å². The van der Waals surface area contributed by atoms with Crippen LogP contribution in [-0.4, -0.2) is 38.1 Å². The summed E-state index contributed by atoms with van der Waals surface area (Å²) in [5.41, 5.74) is 0. The molecule has 5 nitrogen and oxygen atoms in total. The second-order valence-corrected chi connectivity index (χ2v) is 3.44. The van der Waals surface area contributed by atoms with Crippen molar-refractivity contribution in [3.63, 3.8) is 0 Å². The molecule has 1 rings (SSSR count). The first-order valence-electron chi connectivity index (χ1n) is 4.74. The second-order valence-electron chi connectivity index (χ2n) is 3.44. The molecule has 0 aromatic rings. The number of hydrogen-bond acceptors (Lipinski definition) is 4. The molecule has 0 spiro atoms. The van der Waals surface area contributed by atoms with Gasteiger partial charge in [0, 0.05) is 6.54 Å². The standard InChI is InChI=1S/C9H16N2O3/c1-6(9(13)14-2)11-8(12)7-3-4-10-5-7/h6-7,10H,3-5H2,1-2H3,(H,11,12)/t6?,7-/m1/s1. The molecule has 80 valence electrons. The molecule has 1 aliphatic heterocycles. The fourth-order valence-corrected chi connectivity index (χ4v) is 1.45. The monoisotopic (exact) mass is 200 g/mol. The first kappa shape index (κ1) is 11.0. The van der Waals surface area contributed by atoms with Gasteiger partial charge in [-0.2, -0.15) is 0 Å². The van der Waals surface area contributed by atoms with E-state index in [9.17, 15) is 9.59 Å². The fourth-order valence-electron chi connectivity index (χ4n) is 1.45. The zero-order valence-electron chi connectivity index (χ0n) is 8.50. The molecule has 0 bridgehead atoms. The summed E-state index contributed by atoms with van der Waals surface area (Å²) in [5.74, 6) is -0.501. The third kappa shape index (κ3) is 2.70. The van der Waals surface area contributed by atoms with E-state index >= 15 is 0 Å². The van der Waals surface area contributed by atoms with Crippen LogP contribution in [-0.2, 0) is 14.3 Å². The summed E-state index contributed by atoms with van der Waals surface area (Å²) in [6.45, 7) is 3.18. The lowest BCUT2D eigenvalue weighted by molar-refractivity contribution is -0.144. The summed E-state index contributed by atoms with van der Waals surface area (Å²) in [5, 5.41) is 5.71. The van der Waals surface area contributed by atoms with Gasteiger partial charge >= 0.3 is 5.97 Å². The Morgan fingerprint density at radius 1 is 1.57 bits per heavy atom. The maximum Gasteiger partial charge on any atom is 0.328 e. The van der Waals surface area contributed by atoms with Crippen LogP contribution in [0.2, 0.25) is 0 Å². The first-order valence-corrected chi connectivity index (χ1v) is 4.74. The van der Waals surface area contributed by atoms with Crippen molar-refractivity contribution in [1.82, 2.24) is 10.6 Å². The number of ether oxygens (including phenoxy) is 1. The molecule has 0 radical (unpaired) electrons. The van der Waals surface area contributed by atoms with Crippen LogP contribution in [0.3, 0.4) is 0 Å².